The fraction of sp³-hybridized carbons (Fsp3) is 0.769. The molecular formula is C13H23N3O2S. The highest BCUT2D eigenvalue weighted by atomic mass is 32.2. The van der Waals surface area contributed by atoms with Gasteiger partial charge < -0.3 is 5.32 Å². The fourth-order valence-electron chi connectivity index (χ4n) is 2.86. The molecule has 6 heteroatoms. The van der Waals surface area contributed by atoms with Gasteiger partial charge in [0.2, 0.25) is 0 Å². The topological polar surface area (TPSA) is 64.0 Å². The highest BCUT2D eigenvalue weighted by Gasteiger charge is 2.44. The van der Waals surface area contributed by atoms with E-state index in [2.05, 4.69) is 10.4 Å². The lowest BCUT2D eigenvalue weighted by atomic mass is 9.86. The van der Waals surface area contributed by atoms with Crippen molar-refractivity contribution in [3.8, 4) is 0 Å². The zero-order chi connectivity index (χ0) is 14.3. The van der Waals surface area contributed by atoms with E-state index in [1.54, 1.807) is 24.9 Å². The zero-order valence-corrected chi connectivity index (χ0v) is 12.9. The second-order valence-corrected chi connectivity index (χ2v) is 8.38. The molecule has 1 N–H and O–H groups in total. The lowest BCUT2D eigenvalue weighted by Gasteiger charge is -2.36. The first-order valence-corrected chi connectivity index (χ1v) is 8.20. The Kier molecular flexibility index (Phi) is 3.75. The van der Waals surface area contributed by atoms with Gasteiger partial charge in [-0.3, -0.25) is 4.68 Å². The third-order valence-electron chi connectivity index (χ3n) is 4.27. The monoisotopic (exact) mass is 285 g/mol. The Morgan fingerprint density at radius 2 is 1.95 bits per heavy atom. The van der Waals surface area contributed by atoms with Crippen LogP contribution < -0.4 is 5.32 Å². The average molecular weight is 285 g/mol. The van der Waals surface area contributed by atoms with Crippen molar-refractivity contribution >= 4 is 9.84 Å². The third kappa shape index (κ3) is 2.43. The van der Waals surface area contributed by atoms with E-state index in [4.69, 9.17) is 0 Å². The Hall–Kier alpha value is -0.880. The number of nitrogens with zero attached hydrogens (tertiary/aromatic N) is 2. The summed E-state index contributed by atoms with van der Waals surface area (Å²) >= 11 is 0. The minimum Gasteiger partial charge on any atom is -0.317 e. The molecule has 0 atom stereocenters. The SMILES string of the molecule is Cc1nn(C)cc1S(=O)(=O)C(C)(C)C1CCNCC1. The molecule has 108 valence electrons. The Balaban J connectivity index is 2.40. The highest BCUT2D eigenvalue weighted by Crippen LogP contribution is 2.37. The summed E-state index contributed by atoms with van der Waals surface area (Å²) in [6, 6.07) is 0. The summed E-state index contributed by atoms with van der Waals surface area (Å²) in [5.41, 5.74) is 0.588. The van der Waals surface area contributed by atoms with E-state index in [0.717, 1.165) is 25.9 Å². The smallest absolute Gasteiger partial charge is 0.187 e. The van der Waals surface area contributed by atoms with Gasteiger partial charge in [-0.1, -0.05) is 0 Å². The average Bonchev–Trinajstić information content (AvgIpc) is 2.70. The van der Waals surface area contributed by atoms with Crippen LogP contribution in [0.5, 0.6) is 0 Å². The summed E-state index contributed by atoms with van der Waals surface area (Å²) < 4.78 is 26.7. The molecule has 1 saturated heterocycles. The molecule has 1 aromatic rings. The second-order valence-electron chi connectivity index (χ2n) is 5.88. The van der Waals surface area contributed by atoms with Crippen molar-refractivity contribution in [3.63, 3.8) is 0 Å². The van der Waals surface area contributed by atoms with Crippen molar-refractivity contribution in [2.45, 2.75) is 43.3 Å². The van der Waals surface area contributed by atoms with Crippen LogP contribution in [0.1, 0.15) is 32.4 Å². The number of aromatic nitrogens is 2. The van der Waals surface area contributed by atoms with Crippen molar-refractivity contribution in [2.75, 3.05) is 13.1 Å². The Morgan fingerprint density at radius 3 is 2.42 bits per heavy atom. The maximum atomic E-state index is 12.9. The van der Waals surface area contributed by atoms with Gasteiger partial charge in [-0.15, -0.1) is 0 Å². The first-order chi connectivity index (χ1) is 8.76. The molecule has 0 spiro atoms. The molecule has 0 unspecified atom stereocenters. The molecule has 1 fully saturated rings. The minimum absolute atomic E-state index is 0.193. The first-order valence-electron chi connectivity index (χ1n) is 6.72. The van der Waals surface area contributed by atoms with E-state index in [9.17, 15) is 8.42 Å². The molecule has 0 aromatic carbocycles. The Bertz CT molecular complexity index is 554. The molecule has 0 amide bonds. The van der Waals surface area contributed by atoms with Crippen LogP contribution in [-0.2, 0) is 16.9 Å². The number of aryl methyl sites for hydroxylation is 2. The van der Waals surface area contributed by atoms with Gasteiger partial charge in [-0.2, -0.15) is 5.10 Å². The Morgan fingerprint density at radius 1 is 1.37 bits per heavy atom. The first kappa shape index (κ1) is 14.5. The predicted molar refractivity (Wildman–Crippen MR) is 74.8 cm³/mol. The minimum atomic E-state index is -3.36. The van der Waals surface area contributed by atoms with Crippen LogP contribution >= 0.6 is 0 Å². The molecule has 1 aromatic heterocycles. The van der Waals surface area contributed by atoms with Crippen LogP contribution in [0, 0.1) is 12.8 Å². The molecule has 5 nitrogen and oxygen atoms in total. The van der Waals surface area contributed by atoms with E-state index in [1.807, 2.05) is 13.8 Å². The standard InChI is InChI=1S/C13H23N3O2S/c1-10-12(9-16(4)15-10)19(17,18)13(2,3)11-5-7-14-8-6-11/h9,11,14H,5-8H2,1-4H3. The van der Waals surface area contributed by atoms with Gasteiger partial charge in [0.15, 0.2) is 9.84 Å². The normalized spacial score (nSPS) is 18.7. The molecule has 0 bridgehead atoms. The molecule has 1 aliphatic rings. The van der Waals surface area contributed by atoms with E-state index < -0.39 is 14.6 Å². The summed E-state index contributed by atoms with van der Waals surface area (Å²) in [6.45, 7) is 7.26. The molecule has 1 aliphatic heterocycles. The van der Waals surface area contributed by atoms with Crippen LogP contribution in [-0.4, -0.2) is 36.0 Å². The second kappa shape index (κ2) is 4.90. The van der Waals surface area contributed by atoms with Crippen LogP contribution in [0.2, 0.25) is 0 Å². The van der Waals surface area contributed by atoms with Gasteiger partial charge in [-0.25, -0.2) is 8.42 Å². The van der Waals surface area contributed by atoms with Crippen molar-refractivity contribution < 1.29 is 8.42 Å². The summed E-state index contributed by atoms with van der Waals surface area (Å²) in [6.07, 6.45) is 3.44. The van der Waals surface area contributed by atoms with Gasteiger partial charge in [0, 0.05) is 13.2 Å². The van der Waals surface area contributed by atoms with E-state index in [0.29, 0.717) is 10.6 Å². The molecule has 2 rings (SSSR count). The zero-order valence-electron chi connectivity index (χ0n) is 12.1. The van der Waals surface area contributed by atoms with Crippen molar-refractivity contribution in [2.24, 2.45) is 13.0 Å². The Labute approximate surface area is 115 Å². The van der Waals surface area contributed by atoms with Crippen LogP contribution in [0.3, 0.4) is 0 Å². The molecule has 0 radical (unpaired) electrons. The lowest BCUT2D eigenvalue weighted by Crippen LogP contribution is -2.45. The summed E-state index contributed by atoms with van der Waals surface area (Å²) in [5, 5.41) is 7.44. The maximum absolute atomic E-state index is 12.9. The van der Waals surface area contributed by atoms with Gasteiger partial charge >= 0.3 is 0 Å². The number of hydrogen-bond donors (Lipinski definition) is 1. The van der Waals surface area contributed by atoms with Crippen LogP contribution in [0.25, 0.3) is 0 Å². The van der Waals surface area contributed by atoms with Crippen molar-refractivity contribution in [1.29, 1.82) is 0 Å². The lowest BCUT2D eigenvalue weighted by molar-refractivity contribution is 0.305. The van der Waals surface area contributed by atoms with Gasteiger partial charge in [0.1, 0.15) is 4.90 Å². The van der Waals surface area contributed by atoms with Gasteiger partial charge in [0.25, 0.3) is 0 Å². The fourth-order valence-corrected chi connectivity index (χ4v) is 4.82. The molecule has 2 heterocycles. The number of hydrogen-bond acceptors (Lipinski definition) is 4. The predicted octanol–water partition coefficient (Wildman–Crippen LogP) is 1.28. The van der Waals surface area contributed by atoms with E-state index in [-0.39, 0.29) is 5.92 Å². The summed E-state index contributed by atoms with van der Waals surface area (Å²) in [7, 11) is -1.61. The number of sulfone groups is 1. The third-order valence-corrected chi connectivity index (χ3v) is 6.97. The quantitative estimate of drug-likeness (QED) is 0.908. The van der Waals surface area contributed by atoms with Crippen LogP contribution in [0.15, 0.2) is 11.1 Å². The summed E-state index contributed by atoms with van der Waals surface area (Å²) in [4.78, 5) is 0.374. The number of nitrogens with one attached hydrogen (secondary N) is 1. The van der Waals surface area contributed by atoms with Crippen molar-refractivity contribution in [3.05, 3.63) is 11.9 Å². The highest BCUT2D eigenvalue weighted by molar-refractivity contribution is 7.92. The molecule has 0 aliphatic carbocycles. The molecule has 19 heavy (non-hydrogen) atoms. The van der Waals surface area contributed by atoms with Gasteiger partial charge in [0.05, 0.1) is 10.4 Å². The maximum Gasteiger partial charge on any atom is 0.187 e. The number of rotatable bonds is 3. The molecular weight excluding hydrogens is 262 g/mol. The van der Waals surface area contributed by atoms with Gasteiger partial charge in [-0.05, 0) is 52.6 Å². The number of piperidine rings is 1. The van der Waals surface area contributed by atoms with E-state index in [1.165, 1.54) is 0 Å². The summed E-state index contributed by atoms with van der Waals surface area (Å²) in [5.74, 6) is 0.193. The molecule has 0 saturated carbocycles. The van der Waals surface area contributed by atoms with E-state index >= 15 is 0 Å². The van der Waals surface area contributed by atoms with Crippen LogP contribution in [0.4, 0.5) is 0 Å². The largest absolute Gasteiger partial charge is 0.317 e. The van der Waals surface area contributed by atoms with Crippen molar-refractivity contribution in [1.82, 2.24) is 15.1 Å².